The van der Waals surface area contributed by atoms with Crippen molar-refractivity contribution >= 4 is 59.1 Å². The molecule has 1 unspecified atom stereocenters. The minimum atomic E-state index is -0.253. The molecule has 2 N–H and O–H groups in total. The SMILES string of the molecule is NC(Cc1cc(F)cc(Br)c1)c1cc(Br)sc1Br. The summed E-state index contributed by atoms with van der Waals surface area (Å²) in [5.74, 6) is -0.253. The molecule has 0 saturated carbocycles. The van der Waals surface area contributed by atoms with Crippen LogP contribution in [0.25, 0.3) is 0 Å². The van der Waals surface area contributed by atoms with Gasteiger partial charge < -0.3 is 5.73 Å². The summed E-state index contributed by atoms with van der Waals surface area (Å²) >= 11 is 11.8. The molecule has 0 fully saturated rings. The molecule has 1 nitrogen and oxygen atoms in total. The van der Waals surface area contributed by atoms with Crippen LogP contribution < -0.4 is 5.73 Å². The third-order valence-corrected chi connectivity index (χ3v) is 5.30. The van der Waals surface area contributed by atoms with E-state index in [1.165, 1.54) is 12.1 Å². The Morgan fingerprint density at radius 2 is 1.89 bits per heavy atom. The molecule has 0 aliphatic rings. The molecule has 1 aromatic heterocycles. The summed E-state index contributed by atoms with van der Waals surface area (Å²) in [6, 6.07) is 6.67. The molecule has 0 bridgehead atoms. The van der Waals surface area contributed by atoms with Crippen molar-refractivity contribution in [2.24, 2.45) is 5.73 Å². The number of halogens is 4. The average Bonchev–Trinajstić information content (AvgIpc) is 2.56. The van der Waals surface area contributed by atoms with Crippen molar-refractivity contribution < 1.29 is 4.39 Å². The van der Waals surface area contributed by atoms with Crippen molar-refractivity contribution in [2.75, 3.05) is 0 Å². The molecule has 96 valence electrons. The lowest BCUT2D eigenvalue weighted by Crippen LogP contribution is -2.13. The smallest absolute Gasteiger partial charge is 0.124 e. The van der Waals surface area contributed by atoms with Crippen molar-refractivity contribution in [2.45, 2.75) is 12.5 Å². The number of hydrogen-bond donors (Lipinski definition) is 1. The molecular weight excluding hydrogens is 449 g/mol. The van der Waals surface area contributed by atoms with Gasteiger partial charge in [-0.2, -0.15) is 0 Å². The fraction of sp³-hybridized carbons (Fsp3) is 0.167. The van der Waals surface area contributed by atoms with Crippen LogP contribution in [0, 0.1) is 5.82 Å². The van der Waals surface area contributed by atoms with Crippen LogP contribution in [0.3, 0.4) is 0 Å². The first-order valence-corrected chi connectivity index (χ1v) is 8.30. The highest BCUT2D eigenvalue weighted by atomic mass is 79.9. The average molecular weight is 458 g/mol. The van der Waals surface area contributed by atoms with Gasteiger partial charge in [0.05, 0.1) is 7.57 Å². The van der Waals surface area contributed by atoms with Crippen molar-refractivity contribution in [3.8, 4) is 0 Å². The normalized spacial score (nSPS) is 12.7. The molecule has 0 saturated heterocycles. The van der Waals surface area contributed by atoms with E-state index in [2.05, 4.69) is 47.8 Å². The Bertz CT molecular complexity index is 550. The molecule has 6 heteroatoms. The number of nitrogens with two attached hydrogens (primary N) is 1. The Balaban J connectivity index is 2.20. The molecule has 0 aliphatic heterocycles. The van der Waals surface area contributed by atoms with Gasteiger partial charge >= 0.3 is 0 Å². The molecule has 0 spiro atoms. The number of rotatable bonds is 3. The first-order chi connectivity index (χ1) is 8.45. The van der Waals surface area contributed by atoms with Crippen LogP contribution in [0.1, 0.15) is 17.2 Å². The second-order valence-corrected chi connectivity index (χ2v) is 8.53. The van der Waals surface area contributed by atoms with E-state index in [9.17, 15) is 4.39 Å². The van der Waals surface area contributed by atoms with Gasteiger partial charge in [-0.25, -0.2) is 4.39 Å². The first kappa shape index (κ1) is 14.7. The van der Waals surface area contributed by atoms with E-state index < -0.39 is 0 Å². The van der Waals surface area contributed by atoms with Crippen LogP contribution in [0.15, 0.2) is 36.3 Å². The van der Waals surface area contributed by atoms with E-state index in [0.29, 0.717) is 6.42 Å². The van der Waals surface area contributed by atoms with Crippen LogP contribution in [0.4, 0.5) is 4.39 Å². The molecule has 0 radical (unpaired) electrons. The van der Waals surface area contributed by atoms with E-state index in [0.717, 1.165) is 23.2 Å². The maximum atomic E-state index is 13.3. The van der Waals surface area contributed by atoms with Gasteiger partial charge in [0.25, 0.3) is 0 Å². The predicted octanol–water partition coefficient (Wildman–Crippen LogP) is 5.42. The van der Waals surface area contributed by atoms with Crippen LogP contribution >= 0.6 is 59.1 Å². The first-order valence-electron chi connectivity index (χ1n) is 5.11. The zero-order valence-corrected chi connectivity index (χ0v) is 14.7. The molecule has 1 aromatic carbocycles. The lowest BCUT2D eigenvalue weighted by molar-refractivity contribution is 0.621. The van der Waals surface area contributed by atoms with E-state index >= 15 is 0 Å². The highest BCUT2D eigenvalue weighted by Gasteiger charge is 2.14. The summed E-state index contributed by atoms with van der Waals surface area (Å²) < 4.78 is 16.0. The molecule has 0 amide bonds. The third kappa shape index (κ3) is 3.63. The van der Waals surface area contributed by atoms with Crippen molar-refractivity contribution in [1.82, 2.24) is 0 Å². The second-order valence-electron chi connectivity index (χ2n) is 3.87. The Morgan fingerprint density at radius 3 is 2.44 bits per heavy atom. The Hall–Kier alpha value is 0.250. The second kappa shape index (κ2) is 6.13. The van der Waals surface area contributed by atoms with Gasteiger partial charge in [0.2, 0.25) is 0 Å². The third-order valence-electron chi connectivity index (χ3n) is 2.46. The van der Waals surface area contributed by atoms with E-state index in [1.807, 2.05) is 12.1 Å². The zero-order valence-electron chi connectivity index (χ0n) is 9.09. The minimum absolute atomic E-state index is 0.157. The molecule has 1 heterocycles. The summed E-state index contributed by atoms with van der Waals surface area (Å²) in [6.07, 6.45) is 0.595. The Kier molecular flexibility index (Phi) is 4.99. The quantitative estimate of drug-likeness (QED) is 0.654. The van der Waals surface area contributed by atoms with Gasteiger partial charge in [0, 0.05) is 10.5 Å². The molecule has 2 aromatic rings. The Labute approximate surface area is 134 Å². The maximum Gasteiger partial charge on any atom is 0.124 e. The summed E-state index contributed by atoms with van der Waals surface area (Å²) in [5, 5.41) is 0. The van der Waals surface area contributed by atoms with E-state index in [4.69, 9.17) is 5.73 Å². The van der Waals surface area contributed by atoms with Crippen LogP contribution in [0.2, 0.25) is 0 Å². The van der Waals surface area contributed by atoms with Gasteiger partial charge in [-0.05, 0) is 73.7 Å². The van der Waals surface area contributed by atoms with Gasteiger partial charge in [-0.3, -0.25) is 0 Å². The fourth-order valence-corrected chi connectivity index (χ4v) is 5.21. The molecular formula is C12H9Br3FNS. The fourth-order valence-electron chi connectivity index (χ4n) is 1.70. The summed E-state index contributed by atoms with van der Waals surface area (Å²) in [7, 11) is 0. The summed E-state index contributed by atoms with van der Waals surface area (Å²) in [5.41, 5.74) is 8.07. The van der Waals surface area contributed by atoms with Gasteiger partial charge in [-0.1, -0.05) is 15.9 Å². The Morgan fingerprint density at radius 1 is 1.17 bits per heavy atom. The zero-order chi connectivity index (χ0) is 13.3. The van der Waals surface area contributed by atoms with Crippen LogP contribution in [-0.2, 0) is 6.42 Å². The lowest BCUT2D eigenvalue weighted by atomic mass is 10.0. The van der Waals surface area contributed by atoms with Gasteiger partial charge in [-0.15, -0.1) is 11.3 Å². The van der Waals surface area contributed by atoms with Gasteiger partial charge in [0.1, 0.15) is 5.82 Å². The van der Waals surface area contributed by atoms with Crippen molar-refractivity contribution in [3.05, 3.63) is 53.3 Å². The van der Waals surface area contributed by atoms with Crippen LogP contribution in [0.5, 0.6) is 0 Å². The van der Waals surface area contributed by atoms with Crippen molar-refractivity contribution in [1.29, 1.82) is 0 Å². The number of benzene rings is 1. The molecule has 1 atom stereocenters. The number of thiophene rings is 1. The minimum Gasteiger partial charge on any atom is -0.324 e. The standard InChI is InChI=1S/C12H9Br3FNS/c13-7-1-6(2-8(16)4-7)3-10(17)9-5-11(14)18-12(9)15/h1-2,4-5,10H,3,17H2. The van der Waals surface area contributed by atoms with Crippen LogP contribution in [-0.4, -0.2) is 0 Å². The number of hydrogen-bond acceptors (Lipinski definition) is 2. The topological polar surface area (TPSA) is 26.0 Å². The highest BCUT2D eigenvalue weighted by Crippen LogP contribution is 2.35. The molecule has 0 aliphatic carbocycles. The summed E-state index contributed by atoms with van der Waals surface area (Å²) in [6.45, 7) is 0. The van der Waals surface area contributed by atoms with E-state index in [1.54, 1.807) is 11.3 Å². The lowest BCUT2D eigenvalue weighted by Gasteiger charge is -2.11. The molecule has 18 heavy (non-hydrogen) atoms. The monoisotopic (exact) mass is 455 g/mol. The van der Waals surface area contributed by atoms with Crippen molar-refractivity contribution in [3.63, 3.8) is 0 Å². The highest BCUT2D eigenvalue weighted by molar-refractivity contribution is 9.12. The largest absolute Gasteiger partial charge is 0.324 e. The summed E-state index contributed by atoms with van der Waals surface area (Å²) in [4.78, 5) is 0. The predicted molar refractivity (Wildman–Crippen MR) is 84.5 cm³/mol. The van der Waals surface area contributed by atoms with E-state index in [-0.39, 0.29) is 11.9 Å². The maximum absolute atomic E-state index is 13.3. The van der Waals surface area contributed by atoms with Gasteiger partial charge in [0.15, 0.2) is 0 Å². The molecule has 2 rings (SSSR count).